The third-order valence-corrected chi connectivity index (χ3v) is 4.05. The van der Waals surface area contributed by atoms with E-state index in [-0.39, 0.29) is 12.3 Å². The first-order chi connectivity index (χ1) is 12.4. The van der Waals surface area contributed by atoms with Crippen LogP contribution in [0.15, 0.2) is 28.8 Å². The number of methoxy groups -OCH3 is 1. The van der Waals surface area contributed by atoms with Crippen LogP contribution in [0.1, 0.15) is 29.5 Å². The van der Waals surface area contributed by atoms with Gasteiger partial charge in [0.15, 0.2) is 6.10 Å². The molecule has 1 amide bonds. The van der Waals surface area contributed by atoms with Crippen LogP contribution in [0, 0.1) is 13.8 Å². The first-order valence-electron chi connectivity index (χ1n) is 8.42. The summed E-state index contributed by atoms with van der Waals surface area (Å²) in [6, 6.07) is 7.63. The maximum atomic E-state index is 12.1. The van der Waals surface area contributed by atoms with Crippen molar-refractivity contribution in [1.29, 1.82) is 0 Å². The van der Waals surface area contributed by atoms with Gasteiger partial charge in [0, 0.05) is 12.1 Å². The van der Waals surface area contributed by atoms with Crippen LogP contribution in [-0.2, 0) is 27.2 Å². The summed E-state index contributed by atoms with van der Waals surface area (Å²) in [6.45, 7) is 5.50. The SMILES string of the molecule is COc1ccc(CCNC(=O)C(C)OC(=O)Cc2c(C)noc2C)cc1. The maximum absolute atomic E-state index is 12.1. The van der Waals surface area contributed by atoms with Gasteiger partial charge in [-0.2, -0.15) is 0 Å². The second kappa shape index (κ2) is 9.03. The first kappa shape index (κ1) is 19.5. The normalized spacial score (nSPS) is 11.7. The zero-order chi connectivity index (χ0) is 19.1. The summed E-state index contributed by atoms with van der Waals surface area (Å²) in [7, 11) is 1.61. The largest absolute Gasteiger partial charge is 0.497 e. The standard InChI is InChI=1S/C19H24N2O5/c1-12-17(13(2)26-21-12)11-18(22)25-14(3)19(23)20-10-9-15-5-7-16(24-4)8-6-15/h5-8,14H,9-11H2,1-4H3,(H,20,23). The third-order valence-electron chi connectivity index (χ3n) is 4.05. The van der Waals surface area contributed by atoms with Gasteiger partial charge in [-0.05, 0) is 44.9 Å². The molecule has 1 N–H and O–H groups in total. The zero-order valence-corrected chi connectivity index (χ0v) is 15.5. The molecule has 26 heavy (non-hydrogen) atoms. The summed E-state index contributed by atoms with van der Waals surface area (Å²) >= 11 is 0. The summed E-state index contributed by atoms with van der Waals surface area (Å²) in [5.41, 5.74) is 2.42. The molecule has 0 aliphatic rings. The lowest BCUT2D eigenvalue weighted by Gasteiger charge is -2.13. The molecule has 1 aromatic heterocycles. The van der Waals surface area contributed by atoms with E-state index in [0.29, 0.717) is 30.0 Å². The molecule has 1 aromatic carbocycles. The first-order valence-corrected chi connectivity index (χ1v) is 8.42. The van der Waals surface area contributed by atoms with Crippen LogP contribution < -0.4 is 10.1 Å². The molecule has 0 spiro atoms. The molecule has 7 nitrogen and oxygen atoms in total. The molecule has 0 radical (unpaired) electrons. The molecular formula is C19H24N2O5. The molecule has 140 valence electrons. The Bertz CT molecular complexity index is 732. The Morgan fingerprint density at radius 1 is 1.23 bits per heavy atom. The lowest BCUT2D eigenvalue weighted by atomic mass is 10.1. The van der Waals surface area contributed by atoms with Crippen molar-refractivity contribution in [2.24, 2.45) is 0 Å². The quantitative estimate of drug-likeness (QED) is 0.725. The Kier molecular flexibility index (Phi) is 6.77. The number of hydrogen-bond acceptors (Lipinski definition) is 6. The number of ether oxygens (including phenoxy) is 2. The minimum absolute atomic E-state index is 0.0324. The van der Waals surface area contributed by atoms with Gasteiger partial charge >= 0.3 is 5.97 Å². The fourth-order valence-electron chi connectivity index (χ4n) is 2.46. The van der Waals surface area contributed by atoms with Crippen LogP contribution in [0.5, 0.6) is 5.75 Å². The predicted molar refractivity (Wildman–Crippen MR) is 94.9 cm³/mol. The molecular weight excluding hydrogens is 336 g/mol. The number of esters is 1. The van der Waals surface area contributed by atoms with Gasteiger partial charge in [-0.15, -0.1) is 0 Å². The lowest BCUT2D eigenvalue weighted by molar-refractivity contribution is -0.154. The fraction of sp³-hybridized carbons (Fsp3) is 0.421. The third kappa shape index (κ3) is 5.34. The number of hydrogen-bond donors (Lipinski definition) is 1. The summed E-state index contributed by atoms with van der Waals surface area (Å²) in [4.78, 5) is 24.1. The average Bonchev–Trinajstić information content (AvgIpc) is 2.94. The molecule has 1 heterocycles. The van der Waals surface area contributed by atoms with Crippen LogP contribution in [-0.4, -0.2) is 36.8 Å². The topological polar surface area (TPSA) is 90.7 Å². The Labute approximate surface area is 152 Å². The van der Waals surface area contributed by atoms with Crippen LogP contribution in [0.3, 0.4) is 0 Å². The number of carbonyl (C=O) groups is 2. The smallest absolute Gasteiger partial charge is 0.311 e. The van der Waals surface area contributed by atoms with Crippen molar-refractivity contribution >= 4 is 11.9 Å². The highest BCUT2D eigenvalue weighted by atomic mass is 16.5. The lowest BCUT2D eigenvalue weighted by Crippen LogP contribution is -2.37. The fourth-order valence-corrected chi connectivity index (χ4v) is 2.46. The van der Waals surface area contributed by atoms with E-state index >= 15 is 0 Å². The molecule has 0 fully saturated rings. The number of nitrogens with zero attached hydrogens (tertiary/aromatic N) is 1. The summed E-state index contributed by atoms with van der Waals surface area (Å²) in [6.07, 6.45) is -0.154. The van der Waals surface area contributed by atoms with Crippen molar-refractivity contribution < 1.29 is 23.6 Å². The van der Waals surface area contributed by atoms with Crippen molar-refractivity contribution in [1.82, 2.24) is 10.5 Å². The number of aryl methyl sites for hydroxylation is 2. The Morgan fingerprint density at radius 2 is 1.92 bits per heavy atom. The van der Waals surface area contributed by atoms with Crippen LogP contribution in [0.25, 0.3) is 0 Å². The van der Waals surface area contributed by atoms with Gasteiger partial charge < -0.3 is 19.3 Å². The van der Waals surface area contributed by atoms with E-state index in [9.17, 15) is 9.59 Å². The van der Waals surface area contributed by atoms with Gasteiger partial charge in [0.2, 0.25) is 0 Å². The van der Waals surface area contributed by atoms with E-state index in [0.717, 1.165) is 11.3 Å². The van der Waals surface area contributed by atoms with Gasteiger partial charge in [-0.25, -0.2) is 0 Å². The molecule has 2 aromatic rings. The Balaban J connectivity index is 1.75. The molecule has 0 saturated carbocycles. The molecule has 1 unspecified atom stereocenters. The van der Waals surface area contributed by atoms with Crippen LogP contribution in [0.4, 0.5) is 0 Å². The van der Waals surface area contributed by atoms with E-state index in [4.69, 9.17) is 14.0 Å². The molecule has 0 aliphatic carbocycles. The summed E-state index contributed by atoms with van der Waals surface area (Å²) in [5, 5.41) is 6.56. The molecule has 1 atom stereocenters. The van der Waals surface area contributed by atoms with E-state index in [1.54, 1.807) is 27.9 Å². The molecule has 0 bridgehead atoms. The number of rotatable bonds is 8. The van der Waals surface area contributed by atoms with Crippen molar-refractivity contribution in [2.75, 3.05) is 13.7 Å². The van der Waals surface area contributed by atoms with Gasteiger partial charge in [-0.1, -0.05) is 17.3 Å². The highest BCUT2D eigenvalue weighted by Gasteiger charge is 2.20. The Morgan fingerprint density at radius 3 is 2.50 bits per heavy atom. The van der Waals surface area contributed by atoms with Crippen molar-refractivity contribution in [3.05, 3.63) is 46.8 Å². The number of amides is 1. The minimum atomic E-state index is -0.862. The number of nitrogens with one attached hydrogen (secondary N) is 1. The molecule has 2 rings (SSSR count). The number of aromatic nitrogens is 1. The monoisotopic (exact) mass is 360 g/mol. The van der Waals surface area contributed by atoms with Gasteiger partial charge in [0.05, 0.1) is 19.2 Å². The highest BCUT2D eigenvalue weighted by Crippen LogP contribution is 2.14. The number of carbonyl (C=O) groups excluding carboxylic acids is 2. The van der Waals surface area contributed by atoms with Gasteiger partial charge in [-0.3, -0.25) is 9.59 Å². The highest BCUT2D eigenvalue weighted by molar-refractivity contribution is 5.84. The van der Waals surface area contributed by atoms with E-state index in [1.165, 1.54) is 0 Å². The second-order valence-electron chi connectivity index (χ2n) is 6.00. The van der Waals surface area contributed by atoms with Gasteiger partial charge in [0.1, 0.15) is 11.5 Å². The van der Waals surface area contributed by atoms with E-state index in [1.807, 2.05) is 24.3 Å². The predicted octanol–water partition coefficient (Wildman–Crippen LogP) is 2.13. The Hall–Kier alpha value is -2.83. The van der Waals surface area contributed by atoms with Crippen LogP contribution >= 0.6 is 0 Å². The van der Waals surface area contributed by atoms with Crippen LogP contribution in [0.2, 0.25) is 0 Å². The maximum Gasteiger partial charge on any atom is 0.311 e. The minimum Gasteiger partial charge on any atom is -0.497 e. The number of benzene rings is 1. The summed E-state index contributed by atoms with van der Waals surface area (Å²) in [5.74, 6) is 0.551. The molecule has 7 heteroatoms. The van der Waals surface area contributed by atoms with E-state index in [2.05, 4.69) is 10.5 Å². The van der Waals surface area contributed by atoms with Crippen molar-refractivity contribution in [3.63, 3.8) is 0 Å². The summed E-state index contributed by atoms with van der Waals surface area (Å²) < 4.78 is 15.3. The molecule has 0 saturated heterocycles. The van der Waals surface area contributed by atoms with Crippen molar-refractivity contribution in [2.45, 2.75) is 39.7 Å². The molecule has 0 aliphatic heterocycles. The van der Waals surface area contributed by atoms with Crippen molar-refractivity contribution in [3.8, 4) is 5.75 Å². The van der Waals surface area contributed by atoms with E-state index < -0.39 is 12.1 Å². The van der Waals surface area contributed by atoms with Gasteiger partial charge in [0.25, 0.3) is 5.91 Å². The zero-order valence-electron chi connectivity index (χ0n) is 15.5. The average molecular weight is 360 g/mol. The second-order valence-corrected chi connectivity index (χ2v) is 6.00.